The van der Waals surface area contributed by atoms with E-state index in [9.17, 15) is 0 Å². The molecule has 1 aromatic carbocycles. The molecule has 0 fully saturated rings. The molecule has 4 nitrogen and oxygen atoms in total. The Hall–Kier alpha value is -1.68. The third-order valence-corrected chi connectivity index (χ3v) is 2.31. The van der Waals surface area contributed by atoms with Crippen molar-refractivity contribution in [1.29, 1.82) is 0 Å². The van der Waals surface area contributed by atoms with Crippen molar-refractivity contribution in [2.45, 2.75) is 26.3 Å². The van der Waals surface area contributed by atoms with Crippen LogP contribution in [-0.2, 0) is 6.42 Å². The van der Waals surface area contributed by atoms with E-state index >= 15 is 0 Å². The number of rotatable bonds is 3. The summed E-state index contributed by atoms with van der Waals surface area (Å²) in [6, 6.07) is 8.02. The number of aryl methyl sites for hydroxylation is 1. The van der Waals surface area contributed by atoms with Gasteiger partial charge >= 0.3 is 0 Å². The number of aromatic nitrogens is 2. The largest absolute Gasteiger partial charge is 0.423 e. The summed E-state index contributed by atoms with van der Waals surface area (Å²) in [4.78, 5) is 0. The van der Waals surface area contributed by atoms with E-state index in [1.165, 1.54) is 11.1 Å². The molecule has 0 saturated carbocycles. The van der Waals surface area contributed by atoms with Gasteiger partial charge in [0.15, 0.2) is 0 Å². The zero-order valence-corrected chi connectivity index (χ0v) is 9.47. The molecule has 1 atom stereocenters. The summed E-state index contributed by atoms with van der Waals surface area (Å²) in [5.74, 6) is 1.10. The highest BCUT2D eigenvalue weighted by molar-refractivity contribution is 5.24. The van der Waals surface area contributed by atoms with E-state index in [2.05, 4.69) is 29.3 Å². The Morgan fingerprint density at radius 2 is 2.19 bits per heavy atom. The van der Waals surface area contributed by atoms with Gasteiger partial charge in [-0.05, 0) is 19.4 Å². The summed E-state index contributed by atoms with van der Waals surface area (Å²) in [7, 11) is 0. The minimum atomic E-state index is -0.209. The Balaban J connectivity index is 2.14. The molecular weight excluding hydrogens is 202 g/mol. The minimum Gasteiger partial charge on any atom is -0.423 e. The first-order valence-corrected chi connectivity index (χ1v) is 5.28. The van der Waals surface area contributed by atoms with Crippen molar-refractivity contribution in [1.82, 2.24) is 10.2 Å². The molecule has 2 N–H and O–H groups in total. The normalized spacial score (nSPS) is 12.7. The highest BCUT2D eigenvalue weighted by Gasteiger charge is 2.10. The monoisotopic (exact) mass is 217 g/mol. The van der Waals surface area contributed by atoms with E-state index in [-0.39, 0.29) is 6.04 Å². The second-order valence-electron chi connectivity index (χ2n) is 3.99. The van der Waals surface area contributed by atoms with E-state index in [4.69, 9.17) is 10.2 Å². The summed E-state index contributed by atoms with van der Waals surface area (Å²) in [6.07, 6.45) is 0.654. The van der Waals surface area contributed by atoms with Crippen LogP contribution in [0.2, 0.25) is 0 Å². The molecule has 0 saturated heterocycles. The molecule has 0 aliphatic rings. The lowest BCUT2D eigenvalue weighted by Crippen LogP contribution is -2.04. The zero-order chi connectivity index (χ0) is 11.5. The van der Waals surface area contributed by atoms with Crippen LogP contribution < -0.4 is 5.73 Å². The van der Waals surface area contributed by atoms with Crippen molar-refractivity contribution in [2.24, 2.45) is 5.73 Å². The Morgan fingerprint density at radius 3 is 2.81 bits per heavy atom. The van der Waals surface area contributed by atoms with E-state index in [1.807, 2.05) is 19.1 Å². The summed E-state index contributed by atoms with van der Waals surface area (Å²) in [5.41, 5.74) is 8.04. The molecule has 2 aromatic rings. The number of hydrogen-bond acceptors (Lipinski definition) is 4. The van der Waals surface area contributed by atoms with Crippen LogP contribution in [0.1, 0.15) is 35.9 Å². The maximum Gasteiger partial charge on any atom is 0.232 e. The Bertz CT molecular complexity index is 477. The molecule has 1 heterocycles. The Kier molecular flexibility index (Phi) is 3.01. The second-order valence-corrected chi connectivity index (χ2v) is 3.99. The van der Waals surface area contributed by atoms with E-state index in [1.54, 1.807) is 0 Å². The van der Waals surface area contributed by atoms with Gasteiger partial charge in [0, 0.05) is 0 Å². The van der Waals surface area contributed by atoms with Crippen LogP contribution in [-0.4, -0.2) is 10.2 Å². The summed E-state index contributed by atoms with van der Waals surface area (Å²) in [5, 5.41) is 7.86. The first-order valence-electron chi connectivity index (χ1n) is 5.28. The van der Waals surface area contributed by atoms with Crippen molar-refractivity contribution in [2.75, 3.05) is 0 Å². The molecule has 0 aliphatic heterocycles. The van der Waals surface area contributed by atoms with E-state index < -0.39 is 0 Å². The van der Waals surface area contributed by atoms with E-state index in [0.717, 1.165) is 0 Å². The fraction of sp³-hybridized carbons (Fsp3) is 0.333. The third kappa shape index (κ3) is 2.46. The molecule has 4 heteroatoms. The molecular formula is C12H15N3O. The number of nitrogens with zero attached hydrogens (tertiary/aromatic N) is 2. The number of benzene rings is 1. The van der Waals surface area contributed by atoms with Gasteiger partial charge in [-0.25, -0.2) is 0 Å². The molecule has 1 unspecified atom stereocenters. The van der Waals surface area contributed by atoms with Gasteiger partial charge in [0.2, 0.25) is 11.8 Å². The average Bonchev–Trinajstić information content (AvgIpc) is 2.66. The molecule has 16 heavy (non-hydrogen) atoms. The number of nitrogens with two attached hydrogens (primary N) is 1. The van der Waals surface area contributed by atoms with Gasteiger partial charge in [-0.3, -0.25) is 0 Å². The first kappa shape index (κ1) is 10.8. The van der Waals surface area contributed by atoms with E-state index in [0.29, 0.717) is 18.2 Å². The van der Waals surface area contributed by atoms with Gasteiger partial charge in [0.05, 0.1) is 12.5 Å². The highest BCUT2D eigenvalue weighted by atomic mass is 16.4. The molecule has 2 rings (SSSR count). The Labute approximate surface area is 94.5 Å². The lowest BCUT2D eigenvalue weighted by molar-refractivity contribution is 0.433. The molecule has 0 amide bonds. The predicted octanol–water partition coefficient (Wildman–Crippen LogP) is 1.99. The Morgan fingerprint density at radius 1 is 1.38 bits per heavy atom. The van der Waals surface area contributed by atoms with Crippen molar-refractivity contribution in [3.05, 3.63) is 47.2 Å². The molecule has 84 valence electrons. The van der Waals surface area contributed by atoms with Gasteiger partial charge < -0.3 is 10.2 Å². The van der Waals surface area contributed by atoms with Crippen molar-refractivity contribution < 1.29 is 4.42 Å². The maximum atomic E-state index is 5.65. The molecule has 0 spiro atoms. The summed E-state index contributed by atoms with van der Waals surface area (Å²) < 4.78 is 5.44. The second kappa shape index (κ2) is 4.45. The highest BCUT2D eigenvalue weighted by Crippen LogP contribution is 2.12. The van der Waals surface area contributed by atoms with Crippen LogP contribution in [0.15, 0.2) is 28.7 Å². The maximum absolute atomic E-state index is 5.65. The standard InChI is InChI=1S/C12H15N3O/c1-8-4-3-5-10(6-8)7-11-14-15-12(16-11)9(2)13/h3-6,9H,7,13H2,1-2H3. The van der Waals surface area contributed by atoms with Gasteiger partial charge in [-0.1, -0.05) is 29.8 Å². The van der Waals surface area contributed by atoms with Crippen LogP contribution >= 0.6 is 0 Å². The molecule has 0 aliphatic carbocycles. The smallest absolute Gasteiger partial charge is 0.232 e. The average molecular weight is 217 g/mol. The number of hydrogen-bond donors (Lipinski definition) is 1. The van der Waals surface area contributed by atoms with Crippen LogP contribution in [0.3, 0.4) is 0 Å². The quantitative estimate of drug-likeness (QED) is 0.853. The zero-order valence-electron chi connectivity index (χ0n) is 9.47. The van der Waals surface area contributed by atoms with Gasteiger partial charge in [0.25, 0.3) is 0 Å². The lowest BCUT2D eigenvalue weighted by Gasteiger charge is -1.99. The molecule has 1 aromatic heterocycles. The van der Waals surface area contributed by atoms with Crippen LogP contribution in [0.4, 0.5) is 0 Å². The summed E-state index contributed by atoms with van der Waals surface area (Å²) >= 11 is 0. The van der Waals surface area contributed by atoms with Crippen molar-refractivity contribution >= 4 is 0 Å². The van der Waals surface area contributed by atoms with Gasteiger partial charge in [0.1, 0.15) is 0 Å². The first-order chi connectivity index (χ1) is 7.65. The SMILES string of the molecule is Cc1cccc(Cc2nnc(C(C)N)o2)c1. The van der Waals surface area contributed by atoms with Crippen LogP contribution in [0.25, 0.3) is 0 Å². The molecule has 0 bridgehead atoms. The topological polar surface area (TPSA) is 64.9 Å². The van der Waals surface area contributed by atoms with Gasteiger partial charge in [-0.15, -0.1) is 10.2 Å². The van der Waals surface area contributed by atoms with Crippen molar-refractivity contribution in [3.63, 3.8) is 0 Å². The minimum absolute atomic E-state index is 0.209. The predicted molar refractivity (Wildman–Crippen MR) is 60.9 cm³/mol. The summed E-state index contributed by atoms with van der Waals surface area (Å²) in [6.45, 7) is 3.88. The van der Waals surface area contributed by atoms with Gasteiger partial charge in [-0.2, -0.15) is 0 Å². The molecule has 0 radical (unpaired) electrons. The van der Waals surface area contributed by atoms with Crippen LogP contribution in [0, 0.1) is 6.92 Å². The fourth-order valence-electron chi connectivity index (χ4n) is 1.52. The third-order valence-electron chi connectivity index (χ3n) is 2.31. The van der Waals surface area contributed by atoms with Crippen LogP contribution in [0.5, 0.6) is 0 Å². The fourth-order valence-corrected chi connectivity index (χ4v) is 1.52. The lowest BCUT2D eigenvalue weighted by atomic mass is 10.1. The van der Waals surface area contributed by atoms with Crippen molar-refractivity contribution in [3.8, 4) is 0 Å².